The second kappa shape index (κ2) is 3.32. The van der Waals surface area contributed by atoms with Crippen molar-refractivity contribution >= 4 is 5.97 Å². The van der Waals surface area contributed by atoms with Gasteiger partial charge < -0.3 is 4.74 Å². The van der Waals surface area contributed by atoms with E-state index < -0.39 is 0 Å². The maximum Gasteiger partial charge on any atom is 0.306 e. The molecule has 1 saturated heterocycles. The number of hydrogen-bond donors (Lipinski definition) is 0. The summed E-state index contributed by atoms with van der Waals surface area (Å²) in [4.78, 5) is 11.2. The van der Waals surface area contributed by atoms with Gasteiger partial charge in [0.25, 0.3) is 0 Å². The average molecular weight is 182 g/mol. The Hall–Kier alpha value is -0.530. The van der Waals surface area contributed by atoms with Crippen LogP contribution in [-0.4, -0.2) is 12.6 Å². The van der Waals surface area contributed by atoms with Crippen molar-refractivity contribution in [2.75, 3.05) is 6.61 Å². The van der Waals surface area contributed by atoms with E-state index in [1.807, 2.05) is 0 Å². The maximum absolute atomic E-state index is 11.2. The molecule has 2 rings (SSSR count). The van der Waals surface area contributed by atoms with E-state index in [9.17, 15) is 4.79 Å². The second-order valence-electron chi connectivity index (χ2n) is 4.76. The summed E-state index contributed by atoms with van der Waals surface area (Å²) in [5.74, 6) is 2.71. The summed E-state index contributed by atoms with van der Waals surface area (Å²) in [5.41, 5.74) is 0. The average Bonchev–Trinajstić information content (AvgIpc) is 2.83. The van der Waals surface area contributed by atoms with Crippen LogP contribution in [0.3, 0.4) is 0 Å². The van der Waals surface area contributed by atoms with Crippen molar-refractivity contribution in [1.29, 1.82) is 0 Å². The highest BCUT2D eigenvalue weighted by Gasteiger charge is 2.40. The molecule has 0 aromatic rings. The zero-order valence-electron chi connectivity index (χ0n) is 8.45. The second-order valence-corrected chi connectivity index (χ2v) is 4.76. The van der Waals surface area contributed by atoms with Gasteiger partial charge in [-0.3, -0.25) is 4.79 Å². The van der Waals surface area contributed by atoms with Crippen LogP contribution in [0.25, 0.3) is 0 Å². The fourth-order valence-corrected chi connectivity index (χ4v) is 2.76. The first kappa shape index (κ1) is 9.04. The summed E-state index contributed by atoms with van der Waals surface area (Å²) in [7, 11) is 0. The zero-order chi connectivity index (χ0) is 9.42. The molecule has 1 saturated carbocycles. The lowest BCUT2D eigenvalue weighted by Gasteiger charge is -2.24. The molecule has 0 amide bonds. The van der Waals surface area contributed by atoms with Gasteiger partial charge in [-0.1, -0.05) is 13.8 Å². The Balaban J connectivity index is 2.07. The lowest BCUT2D eigenvalue weighted by Crippen LogP contribution is -2.22. The van der Waals surface area contributed by atoms with Crippen LogP contribution in [0, 0.1) is 23.7 Å². The van der Waals surface area contributed by atoms with Gasteiger partial charge in [0.15, 0.2) is 0 Å². The highest BCUT2D eigenvalue weighted by molar-refractivity contribution is 5.69. The smallest absolute Gasteiger partial charge is 0.306 e. The molecule has 0 bridgehead atoms. The number of esters is 1. The normalized spacial score (nSPS) is 41.1. The Morgan fingerprint density at radius 1 is 1.23 bits per heavy atom. The molecule has 0 N–H and O–H groups in total. The maximum atomic E-state index is 11.2. The molecule has 74 valence electrons. The number of rotatable bonds is 1. The zero-order valence-corrected chi connectivity index (χ0v) is 8.45. The van der Waals surface area contributed by atoms with Crippen LogP contribution in [0.4, 0.5) is 0 Å². The Labute approximate surface area is 79.7 Å². The van der Waals surface area contributed by atoms with Crippen LogP contribution in [0.5, 0.6) is 0 Å². The van der Waals surface area contributed by atoms with Gasteiger partial charge in [0.2, 0.25) is 0 Å². The quantitative estimate of drug-likeness (QED) is 0.581. The third-order valence-electron chi connectivity index (χ3n) is 3.48. The van der Waals surface area contributed by atoms with Crippen molar-refractivity contribution in [1.82, 2.24) is 0 Å². The van der Waals surface area contributed by atoms with Gasteiger partial charge in [-0.05, 0) is 36.5 Å². The minimum absolute atomic E-state index is 0.00231. The molecule has 0 aromatic heterocycles. The summed E-state index contributed by atoms with van der Waals surface area (Å²) in [5, 5.41) is 0. The molecule has 1 heterocycles. The third kappa shape index (κ3) is 1.87. The summed E-state index contributed by atoms with van der Waals surface area (Å²) in [6, 6.07) is 0. The third-order valence-corrected chi connectivity index (χ3v) is 3.48. The van der Waals surface area contributed by atoms with E-state index in [-0.39, 0.29) is 5.97 Å². The van der Waals surface area contributed by atoms with Crippen molar-refractivity contribution in [3.8, 4) is 0 Å². The van der Waals surface area contributed by atoms with Gasteiger partial charge in [-0.15, -0.1) is 0 Å². The van der Waals surface area contributed by atoms with Gasteiger partial charge in [0.1, 0.15) is 0 Å². The van der Waals surface area contributed by atoms with Crippen molar-refractivity contribution in [2.24, 2.45) is 23.7 Å². The Bertz CT molecular complexity index is 208. The van der Waals surface area contributed by atoms with E-state index in [0.29, 0.717) is 24.9 Å². The molecule has 2 fully saturated rings. The predicted octanol–water partition coefficient (Wildman–Crippen LogP) is 2.23. The molecule has 1 aliphatic heterocycles. The number of ether oxygens (including phenoxy) is 1. The Morgan fingerprint density at radius 2 is 1.92 bits per heavy atom. The minimum Gasteiger partial charge on any atom is -0.465 e. The molecule has 0 radical (unpaired) electrons. The summed E-state index contributed by atoms with van der Waals surface area (Å²) < 4.78 is 5.15. The van der Waals surface area contributed by atoms with Crippen LogP contribution < -0.4 is 0 Å². The van der Waals surface area contributed by atoms with Crippen molar-refractivity contribution in [3.63, 3.8) is 0 Å². The molecule has 13 heavy (non-hydrogen) atoms. The van der Waals surface area contributed by atoms with Gasteiger partial charge in [0.05, 0.1) is 6.61 Å². The Kier molecular flexibility index (Phi) is 2.31. The highest BCUT2D eigenvalue weighted by Crippen LogP contribution is 2.46. The molecule has 1 aliphatic carbocycles. The molecule has 1 unspecified atom stereocenters. The summed E-state index contributed by atoms with van der Waals surface area (Å²) in [6.45, 7) is 5.06. The van der Waals surface area contributed by atoms with E-state index in [1.165, 1.54) is 12.8 Å². The van der Waals surface area contributed by atoms with Crippen LogP contribution in [0.15, 0.2) is 0 Å². The molecule has 2 aliphatic rings. The predicted molar refractivity (Wildman–Crippen MR) is 50.1 cm³/mol. The van der Waals surface area contributed by atoms with Gasteiger partial charge in [0, 0.05) is 6.42 Å². The highest BCUT2D eigenvalue weighted by atomic mass is 16.5. The fraction of sp³-hybridized carbons (Fsp3) is 0.909. The van der Waals surface area contributed by atoms with Crippen molar-refractivity contribution < 1.29 is 9.53 Å². The number of hydrogen-bond acceptors (Lipinski definition) is 2. The topological polar surface area (TPSA) is 26.3 Å². The van der Waals surface area contributed by atoms with Crippen molar-refractivity contribution in [2.45, 2.75) is 33.1 Å². The molecule has 3 atom stereocenters. The van der Waals surface area contributed by atoms with Gasteiger partial charge >= 0.3 is 5.97 Å². The van der Waals surface area contributed by atoms with E-state index in [0.717, 1.165) is 11.8 Å². The SMILES string of the molecule is C[C@@H]1COC(=O)C[C@H](C)C1C1CC1. The first-order valence-corrected chi connectivity index (χ1v) is 5.34. The van der Waals surface area contributed by atoms with E-state index in [1.54, 1.807) is 0 Å². The number of carbonyl (C=O) groups is 1. The lowest BCUT2D eigenvalue weighted by molar-refractivity contribution is -0.143. The summed E-state index contributed by atoms with van der Waals surface area (Å²) >= 11 is 0. The largest absolute Gasteiger partial charge is 0.465 e. The van der Waals surface area contributed by atoms with Crippen molar-refractivity contribution in [3.05, 3.63) is 0 Å². The molecule has 0 spiro atoms. The van der Waals surface area contributed by atoms with Gasteiger partial charge in [-0.25, -0.2) is 0 Å². The van der Waals surface area contributed by atoms with E-state index in [4.69, 9.17) is 4.74 Å². The number of carbonyl (C=O) groups excluding carboxylic acids is 1. The lowest BCUT2D eigenvalue weighted by atomic mass is 9.79. The van der Waals surface area contributed by atoms with Crippen LogP contribution in [-0.2, 0) is 9.53 Å². The van der Waals surface area contributed by atoms with Crippen LogP contribution in [0.1, 0.15) is 33.1 Å². The Morgan fingerprint density at radius 3 is 2.54 bits per heavy atom. The summed E-state index contributed by atoms with van der Waals surface area (Å²) in [6.07, 6.45) is 3.37. The van der Waals surface area contributed by atoms with E-state index in [2.05, 4.69) is 13.8 Å². The first-order valence-electron chi connectivity index (χ1n) is 5.34. The fourth-order valence-electron chi connectivity index (χ4n) is 2.76. The molecular weight excluding hydrogens is 164 g/mol. The molecular formula is C11H18O2. The van der Waals surface area contributed by atoms with Crippen LogP contribution >= 0.6 is 0 Å². The molecule has 0 aromatic carbocycles. The monoisotopic (exact) mass is 182 g/mol. The van der Waals surface area contributed by atoms with E-state index >= 15 is 0 Å². The van der Waals surface area contributed by atoms with Crippen LogP contribution in [0.2, 0.25) is 0 Å². The molecule has 2 heteroatoms. The minimum atomic E-state index is 0.00231. The standard InChI is InChI=1S/C11H18O2/c1-7-5-10(12)13-6-8(2)11(7)9-3-4-9/h7-9,11H,3-6H2,1-2H3/t7-,8+,11?/m0/s1. The first-order chi connectivity index (χ1) is 6.18. The molecule has 2 nitrogen and oxygen atoms in total. The number of cyclic esters (lactones) is 1. The van der Waals surface area contributed by atoms with Gasteiger partial charge in [-0.2, -0.15) is 0 Å².